The lowest BCUT2D eigenvalue weighted by atomic mass is 10.2. The number of hydrogen-bond donors (Lipinski definition) is 0. The Morgan fingerprint density at radius 2 is 1.67 bits per heavy atom. The van der Waals surface area contributed by atoms with E-state index in [1.807, 2.05) is 32.3 Å². The Kier molecular flexibility index (Phi) is 7.67. The molecule has 0 spiro atoms. The summed E-state index contributed by atoms with van der Waals surface area (Å²) in [5.74, 6) is 0. The molecule has 0 N–H and O–H groups in total. The van der Waals surface area contributed by atoms with Gasteiger partial charge in [0.2, 0.25) is 0 Å². The predicted molar refractivity (Wildman–Crippen MR) is 92.9 cm³/mol. The molecule has 0 amide bonds. The molecule has 0 radical (unpaired) electrons. The highest BCUT2D eigenvalue weighted by atomic mass is 16.5. The zero-order chi connectivity index (χ0) is 17.2. The van der Waals surface area contributed by atoms with Crippen LogP contribution in [0.4, 0.5) is 5.69 Å². The van der Waals surface area contributed by atoms with Crippen molar-refractivity contribution in [1.29, 1.82) is 0 Å². The molecule has 2 aromatic rings. The van der Waals surface area contributed by atoms with Gasteiger partial charge >= 0.3 is 0 Å². The highest BCUT2D eigenvalue weighted by molar-refractivity contribution is 5.50. The molecule has 2 rings (SSSR count). The number of likely N-dealkylation sites (N-methyl/N-ethyl adjacent to an activating group) is 1. The molecule has 0 unspecified atom stereocenters. The molecule has 7 nitrogen and oxygen atoms in total. The first-order valence-corrected chi connectivity index (χ1v) is 8.05. The van der Waals surface area contributed by atoms with E-state index in [-0.39, 0.29) is 0 Å². The van der Waals surface area contributed by atoms with Gasteiger partial charge in [0.25, 0.3) is 0 Å². The molecular weight excluding hydrogens is 308 g/mol. The molecule has 1 heterocycles. The number of aryl methyl sites for hydroxylation is 1. The first-order chi connectivity index (χ1) is 11.7. The number of hydrogen-bond acceptors (Lipinski definition) is 6. The predicted octanol–water partition coefficient (Wildman–Crippen LogP) is 1.69. The van der Waals surface area contributed by atoms with E-state index >= 15 is 0 Å². The third-order valence-corrected chi connectivity index (χ3v) is 3.54. The molecule has 0 bridgehead atoms. The van der Waals surface area contributed by atoms with E-state index in [9.17, 15) is 0 Å². The Hall–Kier alpha value is -1.96. The van der Waals surface area contributed by atoms with Crippen molar-refractivity contribution in [1.82, 2.24) is 15.0 Å². The van der Waals surface area contributed by atoms with Crippen LogP contribution in [0.2, 0.25) is 0 Å². The minimum atomic E-state index is 0.596. The number of rotatable bonds is 11. The lowest BCUT2D eigenvalue weighted by Crippen LogP contribution is -2.23. The number of benzene rings is 1. The number of aromatic nitrogens is 3. The van der Waals surface area contributed by atoms with Crippen LogP contribution in [0.1, 0.15) is 5.69 Å². The highest BCUT2D eigenvalue weighted by Crippen LogP contribution is 2.15. The molecule has 0 saturated carbocycles. The fraction of sp³-hybridized carbons (Fsp3) is 0.529. The monoisotopic (exact) mass is 334 g/mol. The van der Waals surface area contributed by atoms with Gasteiger partial charge in [0.1, 0.15) is 0 Å². The van der Waals surface area contributed by atoms with Crippen LogP contribution in [0.3, 0.4) is 0 Å². The van der Waals surface area contributed by atoms with Crippen molar-refractivity contribution in [2.24, 2.45) is 0 Å². The van der Waals surface area contributed by atoms with E-state index in [4.69, 9.17) is 14.2 Å². The van der Waals surface area contributed by atoms with Crippen LogP contribution in [-0.4, -0.2) is 68.7 Å². The van der Waals surface area contributed by atoms with Gasteiger partial charge in [-0.1, -0.05) is 5.21 Å². The summed E-state index contributed by atoms with van der Waals surface area (Å²) >= 11 is 0. The minimum Gasteiger partial charge on any atom is -0.382 e. The SMILES string of the molecule is COCCOCCOCCN(C)c1ccc(-n2cc(C)nn2)cc1. The average Bonchev–Trinajstić information content (AvgIpc) is 3.03. The minimum absolute atomic E-state index is 0.596. The van der Waals surface area contributed by atoms with Gasteiger partial charge in [0, 0.05) is 26.4 Å². The molecule has 0 aliphatic carbocycles. The zero-order valence-electron chi connectivity index (χ0n) is 14.6. The quantitative estimate of drug-likeness (QED) is 0.583. The van der Waals surface area contributed by atoms with E-state index < -0.39 is 0 Å². The number of methoxy groups -OCH3 is 1. The fourth-order valence-electron chi connectivity index (χ4n) is 2.13. The molecule has 0 aliphatic rings. The van der Waals surface area contributed by atoms with Gasteiger partial charge in [-0.15, -0.1) is 5.10 Å². The smallest absolute Gasteiger partial charge is 0.0800 e. The van der Waals surface area contributed by atoms with E-state index in [2.05, 4.69) is 27.3 Å². The number of anilines is 1. The van der Waals surface area contributed by atoms with Crippen molar-refractivity contribution in [3.05, 3.63) is 36.2 Å². The van der Waals surface area contributed by atoms with Gasteiger partial charge in [0.05, 0.1) is 50.6 Å². The van der Waals surface area contributed by atoms with E-state index in [1.165, 1.54) is 0 Å². The summed E-state index contributed by atoms with van der Waals surface area (Å²) in [6.45, 7) is 5.83. The first-order valence-electron chi connectivity index (χ1n) is 8.05. The molecule has 0 atom stereocenters. The Labute approximate surface area is 143 Å². The molecular formula is C17H26N4O3. The van der Waals surface area contributed by atoms with Crippen molar-refractivity contribution in [2.45, 2.75) is 6.92 Å². The van der Waals surface area contributed by atoms with E-state index in [0.29, 0.717) is 33.0 Å². The number of ether oxygens (including phenoxy) is 3. The van der Waals surface area contributed by atoms with Gasteiger partial charge in [-0.25, -0.2) is 4.68 Å². The first kappa shape index (κ1) is 18.4. The standard InChI is InChI=1S/C17H26N4O3/c1-15-14-21(19-18-15)17-6-4-16(5-7-17)20(2)8-9-23-12-13-24-11-10-22-3/h4-7,14H,8-13H2,1-3H3. The van der Waals surface area contributed by atoms with Crippen molar-refractivity contribution in [3.8, 4) is 5.69 Å². The molecule has 0 saturated heterocycles. The van der Waals surface area contributed by atoms with Gasteiger partial charge in [0.15, 0.2) is 0 Å². The molecule has 132 valence electrons. The fourth-order valence-corrected chi connectivity index (χ4v) is 2.13. The van der Waals surface area contributed by atoms with E-state index in [0.717, 1.165) is 23.6 Å². The zero-order valence-corrected chi connectivity index (χ0v) is 14.6. The van der Waals surface area contributed by atoms with Crippen molar-refractivity contribution < 1.29 is 14.2 Å². The lowest BCUT2D eigenvalue weighted by Gasteiger charge is -2.19. The topological polar surface area (TPSA) is 61.6 Å². The molecule has 1 aromatic carbocycles. The summed E-state index contributed by atoms with van der Waals surface area (Å²) in [5, 5.41) is 8.07. The summed E-state index contributed by atoms with van der Waals surface area (Å²) in [6.07, 6.45) is 1.90. The average molecular weight is 334 g/mol. The van der Waals surface area contributed by atoms with Crippen LogP contribution in [0.25, 0.3) is 5.69 Å². The maximum absolute atomic E-state index is 5.57. The van der Waals surface area contributed by atoms with Gasteiger partial charge in [-0.3, -0.25) is 0 Å². The Balaban J connectivity index is 1.68. The Bertz CT molecular complexity index is 586. The van der Waals surface area contributed by atoms with Gasteiger partial charge < -0.3 is 19.1 Å². The van der Waals surface area contributed by atoms with E-state index in [1.54, 1.807) is 11.8 Å². The summed E-state index contributed by atoms with van der Waals surface area (Å²) in [6, 6.07) is 8.20. The van der Waals surface area contributed by atoms with Crippen LogP contribution < -0.4 is 4.90 Å². The summed E-state index contributed by atoms with van der Waals surface area (Å²) in [7, 11) is 3.71. The largest absolute Gasteiger partial charge is 0.382 e. The van der Waals surface area contributed by atoms with Crippen LogP contribution >= 0.6 is 0 Å². The van der Waals surface area contributed by atoms with Crippen LogP contribution in [0.5, 0.6) is 0 Å². The molecule has 1 aromatic heterocycles. The van der Waals surface area contributed by atoms with Crippen molar-refractivity contribution in [2.75, 3.05) is 58.6 Å². The third kappa shape index (κ3) is 5.92. The van der Waals surface area contributed by atoms with Gasteiger partial charge in [-0.2, -0.15) is 0 Å². The molecule has 7 heteroatoms. The summed E-state index contributed by atoms with van der Waals surface area (Å²) in [4.78, 5) is 2.15. The van der Waals surface area contributed by atoms with Gasteiger partial charge in [-0.05, 0) is 31.2 Å². The lowest BCUT2D eigenvalue weighted by molar-refractivity contribution is 0.0266. The molecule has 0 fully saturated rings. The summed E-state index contributed by atoms with van der Waals surface area (Å²) in [5.41, 5.74) is 3.03. The Morgan fingerprint density at radius 3 is 2.29 bits per heavy atom. The maximum atomic E-state index is 5.57. The van der Waals surface area contributed by atoms with Crippen LogP contribution in [-0.2, 0) is 14.2 Å². The molecule has 0 aliphatic heterocycles. The maximum Gasteiger partial charge on any atom is 0.0800 e. The second-order valence-corrected chi connectivity index (χ2v) is 5.46. The van der Waals surface area contributed by atoms with Crippen molar-refractivity contribution in [3.63, 3.8) is 0 Å². The highest BCUT2D eigenvalue weighted by Gasteiger charge is 2.03. The van der Waals surface area contributed by atoms with Crippen LogP contribution in [0.15, 0.2) is 30.5 Å². The second-order valence-electron chi connectivity index (χ2n) is 5.46. The third-order valence-electron chi connectivity index (χ3n) is 3.54. The second kappa shape index (κ2) is 10.0. The Morgan fingerprint density at radius 1 is 1.00 bits per heavy atom. The van der Waals surface area contributed by atoms with Crippen molar-refractivity contribution >= 4 is 5.69 Å². The van der Waals surface area contributed by atoms with Crippen LogP contribution in [0, 0.1) is 6.92 Å². The normalized spacial score (nSPS) is 11.0. The molecule has 24 heavy (non-hydrogen) atoms. The number of nitrogens with zero attached hydrogens (tertiary/aromatic N) is 4. The summed E-state index contributed by atoms with van der Waals surface area (Å²) < 4.78 is 17.6.